The lowest BCUT2D eigenvalue weighted by Crippen LogP contribution is -2.35. The van der Waals surface area contributed by atoms with Crippen LogP contribution in [-0.4, -0.2) is 54.5 Å². The minimum Gasteiger partial charge on any atom is -0.380 e. The first-order chi connectivity index (χ1) is 17.4. The Morgan fingerprint density at radius 3 is 2.13 bits per heavy atom. The van der Waals surface area contributed by atoms with Gasteiger partial charge in [-0.2, -0.15) is 13.0 Å². The molecule has 0 fully saturated rings. The molecule has 0 aliphatic carbocycles. The molecule has 1 heterocycles. The fraction of sp³-hybridized carbons (Fsp3) is 0.536. The Hall–Kier alpha value is -2.66. The van der Waals surface area contributed by atoms with Crippen LogP contribution in [-0.2, 0) is 31.6 Å². The van der Waals surface area contributed by atoms with Crippen LogP contribution in [0.3, 0.4) is 0 Å². The molecule has 0 radical (unpaired) electrons. The van der Waals surface area contributed by atoms with Gasteiger partial charge in [0.1, 0.15) is 0 Å². The monoisotopic (exact) mass is 547 g/mol. The van der Waals surface area contributed by atoms with Gasteiger partial charge in [-0.25, -0.2) is 0 Å². The number of non-ortho nitro benzene ring substituents is 1. The molecule has 0 aromatic heterocycles. The van der Waals surface area contributed by atoms with E-state index in [2.05, 4.69) is 53.0 Å². The zero-order valence-electron chi connectivity index (χ0n) is 23.3. The van der Waals surface area contributed by atoms with Crippen molar-refractivity contribution >= 4 is 27.2 Å². The van der Waals surface area contributed by atoms with Crippen LogP contribution in [0.5, 0.6) is 0 Å². The highest BCUT2D eigenvalue weighted by Gasteiger charge is 2.45. The second-order valence-electron chi connectivity index (χ2n) is 12.2. The third-order valence-electron chi connectivity index (χ3n) is 7.02. The summed E-state index contributed by atoms with van der Waals surface area (Å²) in [5.41, 5.74) is 3.02. The predicted octanol–water partition coefficient (Wildman–Crippen LogP) is 5.52. The zero-order chi connectivity index (χ0) is 28.5. The van der Waals surface area contributed by atoms with Gasteiger partial charge in [0.05, 0.1) is 41.7 Å². The van der Waals surface area contributed by atoms with Gasteiger partial charge in [-0.05, 0) is 43.7 Å². The molecule has 9 nitrogen and oxygen atoms in total. The van der Waals surface area contributed by atoms with E-state index in [0.29, 0.717) is 33.0 Å². The van der Waals surface area contributed by atoms with Gasteiger partial charge < -0.3 is 9.47 Å². The predicted molar refractivity (Wildman–Crippen MR) is 146 cm³/mol. The Labute approximate surface area is 225 Å². The molecule has 38 heavy (non-hydrogen) atoms. The maximum atomic E-state index is 11.7. The molecule has 2 aromatic carbocycles. The first-order valence-electron chi connectivity index (χ1n) is 12.6. The first kappa shape index (κ1) is 29.9. The Bertz CT molecular complexity index is 1330. The number of fused-ring (bicyclic) bond motifs is 1. The van der Waals surface area contributed by atoms with E-state index in [1.165, 1.54) is 18.2 Å². The highest BCUT2D eigenvalue weighted by molar-refractivity contribution is 7.85. The van der Waals surface area contributed by atoms with Crippen molar-refractivity contribution in [3.8, 4) is 0 Å². The van der Waals surface area contributed by atoms with Crippen molar-refractivity contribution in [3.63, 3.8) is 0 Å². The van der Waals surface area contributed by atoms with Gasteiger partial charge in [0, 0.05) is 41.5 Å². The number of benzene rings is 2. The van der Waals surface area contributed by atoms with Crippen molar-refractivity contribution < 1.29 is 31.9 Å². The Morgan fingerprint density at radius 1 is 0.974 bits per heavy atom. The highest BCUT2D eigenvalue weighted by Crippen LogP contribution is 2.41. The van der Waals surface area contributed by atoms with Crippen LogP contribution >= 0.6 is 0 Å². The number of hydrogen-bond acceptors (Lipinski definition) is 6. The largest absolute Gasteiger partial charge is 0.380 e. The van der Waals surface area contributed by atoms with E-state index < -0.39 is 15.0 Å². The zero-order valence-corrected chi connectivity index (χ0v) is 24.1. The average Bonchev–Trinajstić information content (AvgIpc) is 2.98. The fourth-order valence-electron chi connectivity index (χ4n) is 4.61. The van der Waals surface area contributed by atoms with E-state index in [4.69, 9.17) is 9.47 Å². The molecule has 3 rings (SSSR count). The van der Waals surface area contributed by atoms with Crippen molar-refractivity contribution in [2.75, 3.05) is 26.4 Å². The Balaban J connectivity index is 1.57. The topological polar surface area (TPSA) is 119 Å². The van der Waals surface area contributed by atoms with Crippen molar-refractivity contribution in [2.24, 2.45) is 10.8 Å². The summed E-state index contributed by atoms with van der Waals surface area (Å²) in [6.45, 7) is 17.1. The van der Waals surface area contributed by atoms with E-state index in [-0.39, 0.29) is 26.8 Å². The number of hydrogen-bond donors (Lipinski definition) is 1. The number of rotatable bonds is 12. The molecule has 1 aliphatic rings. The van der Waals surface area contributed by atoms with Crippen LogP contribution < -0.4 is 0 Å². The summed E-state index contributed by atoms with van der Waals surface area (Å²) in [4.78, 5) is 10.3. The summed E-state index contributed by atoms with van der Waals surface area (Å²) >= 11 is 0. The van der Waals surface area contributed by atoms with Gasteiger partial charge in [-0.1, -0.05) is 27.7 Å². The lowest BCUT2D eigenvalue weighted by molar-refractivity contribution is -0.458. The standard InChI is InChI=1S/C28H38N2O7S/c1-20-28(6,7)24-14-23(38(33,34)35)12-13-25(24)29(20)16-26(2,3)17-37-19-27(4,5)18-36-15-21-8-10-22(11-9-21)30(31)32/h8-14H,15-19H2,1-7H3/p+1. The van der Waals surface area contributed by atoms with E-state index in [0.717, 1.165) is 22.5 Å². The summed E-state index contributed by atoms with van der Waals surface area (Å²) < 4.78 is 47.1. The second kappa shape index (κ2) is 10.8. The molecule has 208 valence electrons. The molecule has 0 saturated heterocycles. The van der Waals surface area contributed by atoms with Crippen molar-refractivity contribution in [1.82, 2.24) is 0 Å². The molecule has 0 amide bonds. The SMILES string of the molecule is CC1=[N+](CC(C)(C)COCC(C)(C)COCc2ccc([N+](=O)[O-])cc2)c2ccc(S(=O)(=O)O)cc2C1(C)C. The van der Waals surface area contributed by atoms with Crippen LogP contribution in [0.25, 0.3) is 0 Å². The molecule has 0 unspecified atom stereocenters. The first-order valence-corrected chi connectivity index (χ1v) is 14.0. The van der Waals surface area contributed by atoms with Gasteiger partial charge in [0.15, 0.2) is 12.3 Å². The van der Waals surface area contributed by atoms with Crippen molar-refractivity contribution in [3.05, 3.63) is 63.7 Å². The van der Waals surface area contributed by atoms with Gasteiger partial charge in [0.25, 0.3) is 15.8 Å². The van der Waals surface area contributed by atoms with Crippen LogP contribution in [0.4, 0.5) is 11.4 Å². The molecule has 0 saturated carbocycles. The summed E-state index contributed by atoms with van der Waals surface area (Å²) in [7, 11) is -4.28. The van der Waals surface area contributed by atoms with Crippen LogP contribution in [0, 0.1) is 20.9 Å². The third-order valence-corrected chi connectivity index (χ3v) is 7.87. The molecule has 0 atom stereocenters. The fourth-order valence-corrected chi connectivity index (χ4v) is 5.11. The minimum atomic E-state index is -4.28. The molecule has 1 N–H and O–H groups in total. The quantitative estimate of drug-likeness (QED) is 0.161. The van der Waals surface area contributed by atoms with Crippen LogP contribution in [0.2, 0.25) is 0 Å². The minimum absolute atomic E-state index is 0.0572. The number of nitrogens with zero attached hydrogens (tertiary/aromatic N) is 2. The molecule has 2 aromatic rings. The molecule has 10 heteroatoms. The van der Waals surface area contributed by atoms with Crippen LogP contribution in [0.15, 0.2) is 47.4 Å². The van der Waals surface area contributed by atoms with E-state index in [1.54, 1.807) is 24.3 Å². The van der Waals surface area contributed by atoms with E-state index in [9.17, 15) is 23.1 Å². The Morgan fingerprint density at radius 2 is 1.55 bits per heavy atom. The third kappa shape index (κ3) is 7.05. The maximum Gasteiger partial charge on any atom is 0.294 e. The molecule has 0 spiro atoms. The lowest BCUT2D eigenvalue weighted by atomic mass is 9.82. The molecule has 1 aliphatic heterocycles. The van der Waals surface area contributed by atoms with Crippen LogP contribution in [0.1, 0.15) is 59.6 Å². The van der Waals surface area contributed by atoms with Gasteiger partial charge >= 0.3 is 0 Å². The van der Waals surface area contributed by atoms with Crippen molar-refractivity contribution in [2.45, 2.75) is 65.4 Å². The second-order valence-corrected chi connectivity index (χ2v) is 13.6. The molecular formula is C28H39N2O7S+. The van der Waals surface area contributed by atoms with Gasteiger partial charge in [-0.3, -0.25) is 14.7 Å². The lowest BCUT2D eigenvalue weighted by Gasteiger charge is -2.28. The number of nitro groups is 1. The molecular weight excluding hydrogens is 508 g/mol. The smallest absolute Gasteiger partial charge is 0.294 e. The van der Waals surface area contributed by atoms with E-state index >= 15 is 0 Å². The summed E-state index contributed by atoms with van der Waals surface area (Å²) in [5, 5.41) is 10.8. The average molecular weight is 548 g/mol. The number of nitro benzene ring substituents is 1. The number of ether oxygens (including phenoxy) is 2. The van der Waals surface area contributed by atoms with Gasteiger partial charge in [-0.15, -0.1) is 0 Å². The summed E-state index contributed by atoms with van der Waals surface area (Å²) in [6.07, 6.45) is 0. The van der Waals surface area contributed by atoms with E-state index in [1.807, 2.05) is 0 Å². The highest BCUT2D eigenvalue weighted by atomic mass is 32.2. The normalized spacial score (nSPS) is 15.6. The molecule has 0 bridgehead atoms. The maximum absolute atomic E-state index is 11.7. The summed E-state index contributed by atoms with van der Waals surface area (Å²) in [5.74, 6) is 0. The van der Waals surface area contributed by atoms with Crippen molar-refractivity contribution in [1.29, 1.82) is 0 Å². The summed E-state index contributed by atoms with van der Waals surface area (Å²) in [6, 6.07) is 11.1. The Kier molecular flexibility index (Phi) is 8.53. The van der Waals surface area contributed by atoms with Gasteiger partial charge in [0.2, 0.25) is 5.69 Å².